The Morgan fingerprint density at radius 2 is 1.76 bits per heavy atom. The van der Waals surface area contributed by atoms with Crippen LogP contribution < -0.4 is 10.1 Å². The minimum atomic E-state index is 0.229. The molecule has 0 saturated carbocycles. The first-order chi connectivity index (χ1) is 10.2. The van der Waals surface area contributed by atoms with Crippen LogP contribution in [0.4, 0.5) is 0 Å². The van der Waals surface area contributed by atoms with Crippen molar-refractivity contribution >= 4 is 0 Å². The van der Waals surface area contributed by atoms with E-state index in [0.717, 1.165) is 12.3 Å². The average Bonchev–Trinajstić information content (AvgIpc) is 2.53. The highest BCUT2D eigenvalue weighted by molar-refractivity contribution is 5.35. The van der Waals surface area contributed by atoms with Crippen molar-refractivity contribution in [3.05, 3.63) is 65.2 Å². The normalized spacial score (nSPS) is 12.1. The first-order valence-corrected chi connectivity index (χ1v) is 7.17. The summed E-state index contributed by atoms with van der Waals surface area (Å²) in [6.45, 7) is 3.61. The van der Waals surface area contributed by atoms with Crippen LogP contribution in [0, 0.1) is 0 Å². The fraction of sp³-hybridized carbons (Fsp3) is 0.333. The van der Waals surface area contributed by atoms with E-state index >= 15 is 0 Å². The van der Waals surface area contributed by atoms with Crippen LogP contribution in [0.3, 0.4) is 0 Å². The Labute approximate surface area is 126 Å². The van der Waals surface area contributed by atoms with Crippen LogP contribution in [-0.2, 0) is 17.9 Å². The second-order valence-electron chi connectivity index (χ2n) is 5.10. The largest absolute Gasteiger partial charge is 0.496 e. The molecule has 0 radical (unpaired) electrons. The number of methoxy groups -OCH3 is 2. The minimum Gasteiger partial charge on any atom is -0.496 e. The molecule has 112 valence electrons. The van der Waals surface area contributed by atoms with Gasteiger partial charge in [-0.25, -0.2) is 0 Å². The summed E-state index contributed by atoms with van der Waals surface area (Å²) in [7, 11) is 3.43. The van der Waals surface area contributed by atoms with Gasteiger partial charge in [-0.05, 0) is 24.1 Å². The Morgan fingerprint density at radius 1 is 1.00 bits per heavy atom. The highest BCUT2D eigenvalue weighted by atomic mass is 16.5. The molecule has 3 nitrogen and oxygen atoms in total. The van der Waals surface area contributed by atoms with Crippen molar-refractivity contribution in [1.29, 1.82) is 0 Å². The topological polar surface area (TPSA) is 30.5 Å². The molecule has 0 aliphatic rings. The summed E-state index contributed by atoms with van der Waals surface area (Å²) in [6, 6.07) is 16.8. The van der Waals surface area contributed by atoms with Crippen LogP contribution in [-0.4, -0.2) is 14.2 Å². The lowest BCUT2D eigenvalue weighted by atomic mass is 10.1. The van der Waals surface area contributed by atoms with Gasteiger partial charge >= 0.3 is 0 Å². The molecule has 0 spiro atoms. The van der Waals surface area contributed by atoms with Crippen molar-refractivity contribution in [3.8, 4) is 5.75 Å². The molecule has 0 heterocycles. The van der Waals surface area contributed by atoms with Gasteiger partial charge in [-0.1, -0.05) is 42.5 Å². The number of benzene rings is 2. The Morgan fingerprint density at radius 3 is 2.52 bits per heavy atom. The molecule has 3 heteroatoms. The van der Waals surface area contributed by atoms with Crippen molar-refractivity contribution in [3.63, 3.8) is 0 Å². The predicted molar refractivity (Wildman–Crippen MR) is 85.4 cm³/mol. The molecule has 0 aromatic heterocycles. The summed E-state index contributed by atoms with van der Waals surface area (Å²) < 4.78 is 10.6. The van der Waals surface area contributed by atoms with Gasteiger partial charge in [0.1, 0.15) is 5.75 Å². The number of nitrogens with one attached hydrogen (secondary N) is 1. The van der Waals surface area contributed by atoms with Crippen LogP contribution in [0.1, 0.15) is 29.7 Å². The van der Waals surface area contributed by atoms with E-state index in [4.69, 9.17) is 9.47 Å². The highest BCUT2D eigenvalue weighted by Crippen LogP contribution is 2.24. The zero-order valence-electron chi connectivity index (χ0n) is 12.9. The molecule has 0 amide bonds. The fourth-order valence-electron chi connectivity index (χ4n) is 2.40. The Kier molecular flexibility index (Phi) is 5.78. The van der Waals surface area contributed by atoms with Crippen molar-refractivity contribution in [2.45, 2.75) is 26.1 Å². The molecule has 0 aliphatic heterocycles. The molecule has 0 aliphatic carbocycles. The summed E-state index contributed by atoms with van der Waals surface area (Å²) in [5.74, 6) is 0.922. The second kappa shape index (κ2) is 7.81. The van der Waals surface area contributed by atoms with Gasteiger partial charge < -0.3 is 14.8 Å². The molecule has 0 bridgehead atoms. The molecule has 21 heavy (non-hydrogen) atoms. The van der Waals surface area contributed by atoms with E-state index in [0.29, 0.717) is 6.61 Å². The maximum Gasteiger partial charge on any atom is 0.123 e. The SMILES string of the molecule is COCc1cccc(CN[C@@H](C)c2ccccc2OC)c1. The number of ether oxygens (including phenoxy) is 2. The molecule has 0 fully saturated rings. The third-order valence-corrected chi connectivity index (χ3v) is 3.52. The lowest BCUT2D eigenvalue weighted by molar-refractivity contribution is 0.185. The maximum absolute atomic E-state index is 5.41. The van der Waals surface area contributed by atoms with Gasteiger partial charge in [-0.3, -0.25) is 0 Å². The van der Waals surface area contributed by atoms with Crippen molar-refractivity contribution in [2.75, 3.05) is 14.2 Å². The summed E-state index contributed by atoms with van der Waals surface area (Å²) in [5, 5.41) is 3.54. The highest BCUT2D eigenvalue weighted by Gasteiger charge is 2.10. The molecular weight excluding hydrogens is 262 g/mol. The van der Waals surface area contributed by atoms with E-state index in [-0.39, 0.29) is 6.04 Å². The minimum absolute atomic E-state index is 0.229. The van der Waals surface area contributed by atoms with E-state index in [1.165, 1.54) is 16.7 Å². The van der Waals surface area contributed by atoms with Crippen LogP contribution in [0.2, 0.25) is 0 Å². The smallest absolute Gasteiger partial charge is 0.123 e. The summed E-state index contributed by atoms with van der Waals surface area (Å²) in [4.78, 5) is 0. The van der Waals surface area contributed by atoms with Crippen LogP contribution in [0.25, 0.3) is 0 Å². The van der Waals surface area contributed by atoms with Gasteiger partial charge in [0.2, 0.25) is 0 Å². The predicted octanol–water partition coefficient (Wildman–Crippen LogP) is 3.69. The van der Waals surface area contributed by atoms with Gasteiger partial charge in [0, 0.05) is 25.3 Å². The zero-order chi connectivity index (χ0) is 15.1. The quantitative estimate of drug-likeness (QED) is 0.841. The first kappa shape index (κ1) is 15.5. The van der Waals surface area contributed by atoms with Gasteiger partial charge in [-0.2, -0.15) is 0 Å². The van der Waals surface area contributed by atoms with Gasteiger partial charge in [0.05, 0.1) is 13.7 Å². The summed E-state index contributed by atoms with van der Waals surface area (Å²) in [5.41, 5.74) is 3.63. The molecule has 2 aromatic carbocycles. The second-order valence-corrected chi connectivity index (χ2v) is 5.10. The maximum atomic E-state index is 5.41. The standard InChI is InChI=1S/C18H23NO2/c1-14(17-9-4-5-10-18(17)21-3)19-12-15-7-6-8-16(11-15)13-20-2/h4-11,14,19H,12-13H2,1-3H3/t14-/m0/s1. The first-order valence-electron chi connectivity index (χ1n) is 7.17. The monoisotopic (exact) mass is 285 g/mol. The van der Waals surface area contributed by atoms with Crippen LogP contribution >= 0.6 is 0 Å². The van der Waals surface area contributed by atoms with E-state index in [9.17, 15) is 0 Å². The molecule has 2 rings (SSSR count). The lowest BCUT2D eigenvalue weighted by Gasteiger charge is -2.17. The summed E-state index contributed by atoms with van der Waals surface area (Å²) >= 11 is 0. The van der Waals surface area contributed by atoms with Crippen LogP contribution in [0.5, 0.6) is 5.75 Å². The molecule has 2 aromatic rings. The third-order valence-electron chi connectivity index (χ3n) is 3.52. The lowest BCUT2D eigenvalue weighted by Crippen LogP contribution is -2.18. The van der Waals surface area contributed by atoms with Crippen molar-refractivity contribution in [1.82, 2.24) is 5.32 Å². The summed E-state index contributed by atoms with van der Waals surface area (Å²) in [6.07, 6.45) is 0. The third kappa shape index (κ3) is 4.31. The van der Waals surface area contributed by atoms with Crippen LogP contribution in [0.15, 0.2) is 48.5 Å². The number of hydrogen-bond acceptors (Lipinski definition) is 3. The van der Waals surface area contributed by atoms with Crippen molar-refractivity contribution in [2.24, 2.45) is 0 Å². The number of hydrogen-bond donors (Lipinski definition) is 1. The van der Waals surface area contributed by atoms with Gasteiger partial charge in [-0.15, -0.1) is 0 Å². The molecule has 0 unspecified atom stereocenters. The molecule has 1 N–H and O–H groups in total. The van der Waals surface area contributed by atoms with E-state index in [1.807, 2.05) is 18.2 Å². The number of para-hydroxylation sites is 1. The average molecular weight is 285 g/mol. The molecule has 0 saturated heterocycles. The van der Waals surface area contributed by atoms with E-state index in [2.05, 4.69) is 42.6 Å². The van der Waals surface area contributed by atoms with Crippen molar-refractivity contribution < 1.29 is 9.47 Å². The molecule has 1 atom stereocenters. The van der Waals surface area contributed by atoms with Gasteiger partial charge in [0.25, 0.3) is 0 Å². The fourth-order valence-corrected chi connectivity index (χ4v) is 2.40. The Balaban J connectivity index is 2.00. The van der Waals surface area contributed by atoms with Gasteiger partial charge in [0.15, 0.2) is 0 Å². The number of rotatable bonds is 7. The Bertz CT molecular complexity index is 569. The molecular formula is C18H23NO2. The zero-order valence-corrected chi connectivity index (χ0v) is 12.9. The van der Waals surface area contributed by atoms with E-state index in [1.54, 1.807) is 14.2 Å². The van der Waals surface area contributed by atoms with E-state index < -0.39 is 0 Å². The Hall–Kier alpha value is -1.84.